The fourth-order valence-electron chi connectivity index (χ4n) is 3.48. The molecule has 28 heavy (non-hydrogen) atoms. The van der Waals surface area contributed by atoms with Crippen LogP contribution in [-0.2, 0) is 9.59 Å². The van der Waals surface area contributed by atoms with Gasteiger partial charge in [0.15, 0.2) is 5.82 Å². The lowest BCUT2D eigenvalue weighted by Crippen LogP contribution is -2.37. The number of halogens is 1. The van der Waals surface area contributed by atoms with Crippen molar-refractivity contribution in [2.24, 2.45) is 5.92 Å². The van der Waals surface area contributed by atoms with Crippen molar-refractivity contribution in [1.29, 1.82) is 0 Å². The molecule has 0 bridgehead atoms. The molecule has 0 saturated carbocycles. The van der Waals surface area contributed by atoms with E-state index < -0.39 is 12.0 Å². The Morgan fingerprint density at radius 3 is 2.86 bits per heavy atom. The highest BCUT2D eigenvalue weighted by molar-refractivity contribution is 9.10. The monoisotopic (exact) mass is 442 g/mol. The van der Waals surface area contributed by atoms with Gasteiger partial charge in [0.05, 0.1) is 24.1 Å². The highest BCUT2D eigenvalue weighted by Crippen LogP contribution is 2.31. The number of nitrogens with zero attached hydrogens (tertiary/aromatic N) is 2. The van der Waals surface area contributed by atoms with E-state index in [9.17, 15) is 14.7 Å². The minimum Gasteiger partial charge on any atom is -0.394 e. The maximum absolute atomic E-state index is 12.7. The molecule has 2 heterocycles. The standard InChI is InChI=1S/C20H19BrN4O3/c21-14-6-7-15-16(9-14)23-24-19(15)25-10-13(8-18(25)27)20(28)22-17(11-26)12-4-2-1-3-5-12/h1-7,9,13,17,26H,8,10-11H2,(H,22,28)(H,23,24)/t13-,17+/m1/s1. The summed E-state index contributed by atoms with van der Waals surface area (Å²) in [5.41, 5.74) is 1.64. The van der Waals surface area contributed by atoms with Gasteiger partial charge in [-0.15, -0.1) is 0 Å². The molecule has 0 radical (unpaired) electrons. The number of hydrogen-bond donors (Lipinski definition) is 3. The summed E-state index contributed by atoms with van der Waals surface area (Å²) in [6.07, 6.45) is 0.115. The van der Waals surface area contributed by atoms with Crippen molar-refractivity contribution in [2.75, 3.05) is 18.1 Å². The molecule has 0 unspecified atom stereocenters. The molecule has 3 aromatic rings. The summed E-state index contributed by atoms with van der Waals surface area (Å²) in [6.45, 7) is 0.0483. The fourth-order valence-corrected chi connectivity index (χ4v) is 3.84. The number of amides is 2. The van der Waals surface area contributed by atoms with Gasteiger partial charge in [-0.1, -0.05) is 46.3 Å². The van der Waals surface area contributed by atoms with Gasteiger partial charge in [0.2, 0.25) is 11.8 Å². The van der Waals surface area contributed by atoms with Gasteiger partial charge in [-0.25, -0.2) is 0 Å². The number of aliphatic hydroxyl groups excluding tert-OH is 1. The largest absolute Gasteiger partial charge is 0.394 e. The van der Waals surface area contributed by atoms with Crippen molar-refractivity contribution in [3.05, 3.63) is 58.6 Å². The maximum atomic E-state index is 12.7. The molecule has 2 atom stereocenters. The first-order chi connectivity index (χ1) is 13.6. The number of aliphatic hydroxyl groups is 1. The lowest BCUT2D eigenvalue weighted by molar-refractivity contribution is -0.127. The van der Waals surface area contributed by atoms with Gasteiger partial charge >= 0.3 is 0 Å². The summed E-state index contributed by atoms with van der Waals surface area (Å²) in [5.74, 6) is -0.352. The third-order valence-electron chi connectivity index (χ3n) is 4.96. The van der Waals surface area contributed by atoms with Crippen LogP contribution in [0.3, 0.4) is 0 Å². The number of carbonyl (C=O) groups is 2. The lowest BCUT2D eigenvalue weighted by atomic mass is 10.0. The Morgan fingerprint density at radius 1 is 1.32 bits per heavy atom. The third kappa shape index (κ3) is 3.53. The first-order valence-corrected chi connectivity index (χ1v) is 9.76. The summed E-state index contributed by atoms with van der Waals surface area (Å²) in [4.78, 5) is 26.8. The van der Waals surface area contributed by atoms with E-state index in [4.69, 9.17) is 0 Å². The molecule has 1 saturated heterocycles. The summed E-state index contributed by atoms with van der Waals surface area (Å²) >= 11 is 3.41. The summed E-state index contributed by atoms with van der Waals surface area (Å²) < 4.78 is 0.913. The number of benzene rings is 2. The fraction of sp³-hybridized carbons (Fsp3) is 0.250. The molecule has 0 spiro atoms. The first-order valence-electron chi connectivity index (χ1n) is 8.97. The van der Waals surface area contributed by atoms with Crippen LogP contribution in [0.2, 0.25) is 0 Å². The number of aromatic amines is 1. The van der Waals surface area contributed by atoms with Crippen LogP contribution in [0.1, 0.15) is 18.0 Å². The van der Waals surface area contributed by atoms with Crippen LogP contribution in [0.15, 0.2) is 53.0 Å². The number of aromatic nitrogens is 2. The highest BCUT2D eigenvalue weighted by atomic mass is 79.9. The third-order valence-corrected chi connectivity index (χ3v) is 5.45. The molecule has 1 aliphatic rings. The number of nitrogens with one attached hydrogen (secondary N) is 2. The number of H-pyrrole nitrogens is 1. The van der Waals surface area contributed by atoms with Crippen LogP contribution in [0.25, 0.3) is 10.9 Å². The number of rotatable bonds is 5. The van der Waals surface area contributed by atoms with Gasteiger partial charge < -0.3 is 10.4 Å². The molecular weight excluding hydrogens is 424 g/mol. The topological polar surface area (TPSA) is 98.3 Å². The molecular formula is C20H19BrN4O3. The number of anilines is 1. The zero-order valence-corrected chi connectivity index (χ0v) is 16.5. The average molecular weight is 443 g/mol. The zero-order chi connectivity index (χ0) is 19.7. The smallest absolute Gasteiger partial charge is 0.229 e. The average Bonchev–Trinajstić information content (AvgIpc) is 3.29. The van der Waals surface area contributed by atoms with Crippen molar-refractivity contribution in [3.8, 4) is 0 Å². The normalized spacial score (nSPS) is 17.9. The first kappa shape index (κ1) is 18.6. The van der Waals surface area contributed by atoms with E-state index in [1.807, 2.05) is 48.5 Å². The van der Waals surface area contributed by atoms with Crippen molar-refractivity contribution < 1.29 is 14.7 Å². The van der Waals surface area contributed by atoms with E-state index in [-0.39, 0.29) is 31.4 Å². The molecule has 2 amide bonds. The van der Waals surface area contributed by atoms with Gasteiger partial charge in [0.1, 0.15) is 0 Å². The summed E-state index contributed by atoms with van der Waals surface area (Å²) in [5, 5.41) is 20.5. The molecule has 1 fully saturated rings. The van der Waals surface area contributed by atoms with Gasteiger partial charge in [-0.2, -0.15) is 5.10 Å². The molecule has 1 aliphatic heterocycles. The van der Waals surface area contributed by atoms with Crippen LogP contribution < -0.4 is 10.2 Å². The summed E-state index contributed by atoms with van der Waals surface area (Å²) in [6, 6.07) is 14.4. The Hall–Kier alpha value is -2.71. The van der Waals surface area contributed by atoms with E-state index in [0.29, 0.717) is 5.82 Å². The Balaban J connectivity index is 1.50. The van der Waals surface area contributed by atoms with Crippen LogP contribution >= 0.6 is 15.9 Å². The molecule has 8 heteroatoms. The van der Waals surface area contributed by atoms with Gasteiger partial charge in [0.25, 0.3) is 0 Å². The Bertz CT molecular complexity index is 1020. The minimum absolute atomic E-state index is 0.115. The maximum Gasteiger partial charge on any atom is 0.229 e. The predicted molar refractivity (Wildman–Crippen MR) is 109 cm³/mol. The second kappa shape index (κ2) is 7.73. The Labute approximate surface area is 169 Å². The van der Waals surface area contributed by atoms with E-state index in [2.05, 4.69) is 31.4 Å². The van der Waals surface area contributed by atoms with Crippen molar-refractivity contribution in [1.82, 2.24) is 15.5 Å². The highest BCUT2D eigenvalue weighted by Gasteiger charge is 2.37. The SMILES string of the molecule is O=C(N[C@@H](CO)c1ccccc1)[C@@H]1CC(=O)N(c2n[nH]c3cc(Br)ccc23)C1. The molecule has 7 nitrogen and oxygen atoms in total. The van der Waals surface area contributed by atoms with Crippen LogP contribution in [0.5, 0.6) is 0 Å². The van der Waals surface area contributed by atoms with Gasteiger partial charge in [-0.05, 0) is 23.8 Å². The van der Waals surface area contributed by atoms with E-state index in [1.165, 1.54) is 0 Å². The Morgan fingerprint density at radius 2 is 2.11 bits per heavy atom. The molecule has 1 aromatic heterocycles. The van der Waals surface area contributed by atoms with Crippen LogP contribution in [0.4, 0.5) is 5.82 Å². The van der Waals surface area contributed by atoms with Crippen molar-refractivity contribution >= 4 is 44.5 Å². The van der Waals surface area contributed by atoms with Gasteiger partial charge in [-0.3, -0.25) is 19.6 Å². The predicted octanol–water partition coefficient (Wildman–Crippen LogP) is 2.53. The molecule has 144 valence electrons. The molecule has 4 rings (SSSR count). The van der Waals surface area contributed by atoms with E-state index in [0.717, 1.165) is 20.9 Å². The second-order valence-corrected chi connectivity index (χ2v) is 7.71. The number of carbonyl (C=O) groups excluding carboxylic acids is 2. The van der Waals surface area contributed by atoms with Crippen LogP contribution in [0, 0.1) is 5.92 Å². The summed E-state index contributed by atoms with van der Waals surface area (Å²) in [7, 11) is 0. The quantitative estimate of drug-likeness (QED) is 0.565. The number of fused-ring (bicyclic) bond motifs is 1. The molecule has 2 aromatic carbocycles. The van der Waals surface area contributed by atoms with Crippen molar-refractivity contribution in [3.63, 3.8) is 0 Å². The minimum atomic E-state index is -0.499. The second-order valence-electron chi connectivity index (χ2n) is 6.80. The lowest BCUT2D eigenvalue weighted by Gasteiger charge is -2.19. The van der Waals surface area contributed by atoms with Crippen LogP contribution in [-0.4, -0.2) is 40.3 Å². The van der Waals surface area contributed by atoms with Gasteiger partial charge in [0, 0.05) is 22.8 Å². The van der Waals surface area contributed by atoms with Crippen molar-refractivity contribution in [2.45, 2.75) is 12.5 Å². The number of hydrogen-bond acceptors (Lipinski definition) is 4. The zero-order valence-electron chi connectivity index (χ0n) is 14.9. The molecule has 0 aliphatic carbocycles. The van der Waals surface area contributed by atoms with E-state index >= 15 is 0 Å². The Kier molecular flexibility index (Phi) is 5.15. The molecule has 3 N–H and O–H groups in total. The van der Waals surface area contributed by atoms with E-state index in [1.54, 1.807) is 4.90 Å².